The van der Waals surface area contributed by atoms with Gasteiger partial charge in [0.2, 0.25) is 0 Å². The van der Waals surface area contributed by atoms with Gasteiger partial charge in [-0.25, -0.2) is 0 Å². The van der Waals surface area contributed by atoms with Gasteiger partial charge in [-0.1, -0.05) is 28.1 Å². The summed E-state index contributed by atoms with van der Waals surface area (Å²) >= 11 is 5.60. The number of thioether (sulfide) groups is 1. The molecule has 112 valence electrons. The number of halogens is 1. The molecule has 0 spiro atoms. The molecule has 1 aromatic carbocycles. The van der Waals surface area contributed by atoms with Gasteiger partial charge in [0.25, 0.3) is 0 Å². The lowest BCUT2D eigenvalue weighted by Crippen LogP contribution is -2.50. The first kappa shape index (κ1) is 14.3. The van der Waals surface area contributed by atoms with Crippen LogP contribution in [-0.4, -0.2) is 16.5 Å². The molecule has 2 fully saturated rings. The van der Waals surface area contributed by atoms with Crippen LogP contribution < -0.4 is 0 Å². The maximum Gasteiger partial charge on any atom is 0.0831 e. The van der Waals surface area contributed by atoms with E-state index in [1.165, 1.54) is 22.0 Å². The number of rotatable bonds is 1. The summed E-state index contributed by atoms with van der Waals surface area (Å²) in [6, 6.07) is 6.74. The molecular weight excluding hydrogens is 344 g/mol. The Hall–Kier alpha value is -0.250. The van der Waals surface area contributed by atoms with Crippen molar-refractivity contribution in [2.24, 2.45) is 17.8 Å². The van der Waals surface area contributed by atoms with Crippen LogP contribution in [0, 0.1) is 17.8 Å². The summed E-state index contributed by atoms with van der Waals surface area (Å²) in [5.74, 6) is 2.24. The van der Waals surface area contributed by atoms with Crippen LogP contribution >= 0.6 is 27.7 Å². The molecule has 1 aromatic rings. The van der Waals surface area contributed by atoms with E-state index in [0.717, 1.165) is 25.0 Å². The van der Waals surface area contributed by atoms with E-state index in [4.69, 9.17) is 0 Å². The van der Waals surface area contributed by atoms with Gasteiger partial charge < -0.3 is 5.11 Å². The Balaban J connectivity index is 1.71. The fraction of sp³-hybridized carbons (Fsp3) is 0.556. The van der Waals surface area contributed by atoms with E-state index in [1.54, 1.807) is 0 Å². The van der Waals surface area contributed by atoms with Crippen LogP contribution in [0.25, 0.3) is 0 Å². The fourth-order valence-electron chi connectivity index (χ4n) is 4.87. The first-order valence-electron chi connectivity index (χ1n) is 7.88. The highest BCUT2D eigenvalue weighted by molar-refractivity contribution is 9.10. The van der Waals surface area contributed by atoms with Gasteiger partial charge >= 0.3 is 0 Å². The topological polar surface area (TPSA) is 20.2 Å². The van der Waals surface area contributed by atoms with Gasteiger partial charge in [-0.05, 0) is 60.8 Å². The molecule has 1 nitrogen and oxygen atoms in total. The lowest BCUT2D eigenvalue weighted by Gasteiger charge is -2.49. The number of hydrogen-bond acceptors (Lipinski definition) is 2. The molecule has 21 heavy (non-hydrogen) atoms. The lowest BCUT2D eigenvalue weighted by molar-refractivity contribution is -0.0301. The molecule has 3 aliphatic rings. The number of aliphatic hydroxyl groups is 1. The van der Waals surface area contributed by atoms with Crippen molar-refractivity contribution in [1.29, 1.82) is 0 Å². The summed E-state index contributed by atoms with van der Waals surface area (Å²) in [7, 11) is 0. The Morgan fingerprint density at radius 3 is 3.00 bits per heavy atom. The SMILES string of the molecule is C=C[C@@H]1CC[C@H]2[C@@H]3CCc4ccc(Br)cc4[C@H]3SC[C@]12O. The van der Waals surface area contributed by atoms with Crippen molar-refractivity contribution in [1.82, 2.24) is 0 Å². The van der Waals surface area contributed by atoms with Gasteiger partial charge in [0.05, 0.1) is 5.60 Å². The minimum Gasteiger partial charge on any atom is -0.388 e. The maximum absolute atomic E-state index is 11.2. The van der Waals surface area contributed by atoms with Gasteiger partial charge in [0, 0.05) is 21.4 Å². The Bertz CT molecular complexity index is 587. The third kappa shape index (κ3) is 2.08. The van der Waals surface area contributed by atoms with Crippen LogP contribution in [0.2, 0.25) is 0 Å². The Labute approximate surface area is 139 Å². The standard InChI is InChI=1S/C18H21BrOS/c1-2-12-5-8-16-14-7-4-11-3-6-13(19)9-15(11)17(14)21-10-18(12,16)20/h2-3,6,9,12,14,16-17,20H,1,4-5,7-8,10H2/t12-,14+,16+,17+,18+/m1/s1. The number of benzene rings is 1. The highest BCUT2D eigenvalue weighted by Gasteiger charge is 2.56. The summed E-state index contributed by atoms with van der Waals surface area (Å²) in [6.07, 6.45) is 6.66. The summed E-state index contributed by atoms with van der Waals surface area (Å²) < 4.78 is 1.18. The van der Waals surface area contributed by atoms with Crippen molar-refractivity contribution < 1.29 is 5.11 Å². The maximum atomic E-state index is 11.2. The molecule has 1 saturated carbocycles. The van der Waals surface area contributed by atoms with Gasteiger partial charge in [0.1, 0.15) is 0 Å². The average Bonchev–Trinajstić information content (AvgIpc) is 2.83. The Kier molecular flexibility index (Phi) is 3.51. The second-order valence-corrected chi connectivity index (χ2v) is 8.84. The predicted octanol–water partition coefficient (Wildman–Crippen LogP) is 4.74. The normalized spacial score (nSPS) is 41.0. The van der Waals surface area contributed by atoms with Gasteiger partial charge in [-0.2, -0.15) is 11.8 Å². The molecule has 3 heteroatoms. The third-order valence-electron chi connectivity index (χ3n) is 5.92. The third-order valence-corrected chi connectivity index (χ3v) is 8.00. The highest BCUT2D eigenvalue weighted by atomic mass is 79.9. The summed E-state index contributed by atoms with van der Waals surface area (Å²) in [6.45, 7) is 3.96. The number of hydrogen-bond donors (Lipinski definition) is 1. The minimum absolute atomic E-state index is 0.292. The lowest BCUT2D eigenvalue weighted by atomic mass is 9.70. The second kappa shape index (κ2) is 5.14. The molecule has 0 amide bonds. The highest BCUT2D eigenvalue weighted by Crippen LogP contribution is 2.60. The summed E-state index contributed by atoms with van der Waals surface area (Å²) in [4.78, 5) is 0. The second-order valence-electron chi connectivity index (χ2n) is 6.79. The zero-order valence-corrected chi connectivity index (χ0v) is 14.5. The first-order valence-corrected chi connectivity index (χ1v) is 9.72. The Morgan fingerprint density at radius 1 is 1.33 bits per heavy atom. The van der Waals surface area contributed by atoms with Crippen LogP contribution in [0.3, 0.4) is 0 Å². The minimum atomic E-state index is -0.503. The molecular formula is C18H21BrOS. The largest absolute Gasteiger partial charge is 0.388 e. The zero-order chi connectivity index (χ0) is 14.6. The Morgan fingerprint density at radius 2 is 2.19 bits per heavy atom. The molecule has 0 aromatic heterocycles. The molecule has 2 aliphatic carbocycles. The predicted molar refractivity (Wildman–Crippen MR) is 92.5 cm³/mol. The van der Waals surface area contributed by atoms with Crippen molar-refractivity contribution in [3.05, 3.63) is 46.5 Å². The van der Waals surface area contributed by atoms with Crippen LogP contribution in [0.4, 0.5) is 0 Å². The average molecular weight is 365 g/mol. The van der Waals surface area contributed by atoms with Crippen molar-refractivity contribution in [3.8, 4) is 0 Å². The van der Waals surface area contributed by atoms with Crippen LogP contribution in [0.1, 0.15) is 35.6 Å². The number of fused-ring (bicyclic) bond motifs is 5. The van der Waals surface area contributed by atoms with Crippen LogP contribution in [0.15, 0.2) is 35.3 Å². The van der Waals surface area contributed by atoms with Gasteiger partial charge in [-0.15, -0.1) is 6.58 Å². The molecule has 0 bridgehead atoms. The quantitative estimate of drug-likeness (QED) is 0.726. The van der Waals surface area contributed by atoms with Crippen molar-refractivity contribution in [3.63, 3.8) is 0 Å². The summed E-state index contributed by atoms with van der Waals surface area (Å²) in [5, 5.41) is 11.8. The van der Waals surface area contributed by atoms with E-state index in [2.05, 4.69) is 40.7 Å². The van der Waals surface area contributed by atoms with E-state index in [0.29, 0.717) is 23.0 Å². The molecule has 4 rings (SSSR count). The van der Waals surface area contributed by atoms with Crippen molar-refractivity contribution >= 4 is 27.7 Å². The molecule has 1 heterocycles. The van der Waals surface area contributed by atoms with E-state index < -0.39 is 5.60 Å². The van der Waals surface area contributed by atoms with Crippen LogP contribution in [-0.2, 0) is 6.42 Å². The zero-order valence-electron chi connectivity index (χ0n) is 12.1. The smallest absolute Gasteiger partial charge is 0.0831 e. The fourth-order valence-corrected chi connectivity index (χ4v) is 7.09. The monoisotopic (exact) mass is 364 g/mol. The molecule has 1 saturated heterocycles. The molecule has 5 atom stereocenters. The van der Waals surface area contributed by atoms with Crippen molar-refractivity contribution in [2.45, 2.75) is 36.5 Å². The number of aryl methyl sites for hydroxylation is 1. The first-order chi connectivity index (χ1) is 10.1. The van der Waals surface area contributed by atoms with E-state index in [9.17, 15) is 5.11 Å². The van der Waals surface area contributed by atoms with Crippen LogP contribution in [0.5, 0.6) is 0 Å². The van der Waals surface area contributed by atoms with E-state index in [-0.39, 0.29) is 0 Å². The van der Waals surface area contributed by atoms with Gasteiger partial charge in [-0.3, -0.25) is 0 Å². The van der Waals surface area contributed by atoms with E-state index >= 15 is 0 Å². The van der Waals surface area contributed by atoms with Crippen molar-refractivity contribution in [2.75, 3.05) is 5.75 Å². The van der Waals surface area contributed by atoms with E-state index in [1.807, 2.05) is 17.8 Å². The summed E-state index contributed by atoms with van der Waals surface area (Å²) in [5.41, 5.74) is 2.52. The molecule has 1 N–H and O–H groups in total. The van der Waals surface area contributed by atoms with Gasteiger partial charge in [0.15, 0.2) is 0 Å². The molecule has 1 aliphatic heterocycles. The molecule has 0 unspecified atom stereocenters. The molecule has 0 radical (unpaired) electrons.